The summed E-state index contributed by atoms with van der Waals surface area (Å²) in [6.07, 6.45) is -6.26. The molecule has 0 aromatic carbocycles. The third-order valence-corrected chi connectivity index (χ3v) is 3.25. The number of hydrogen-bond donors (Lipinski definition) is 4. The first-order valence-electron chi connectivity index (χ1n) is 7.44. The van der Waals surface area contributed by atoms with Gasteiger partial charge in [-0.05, 0) is 19.8 Å². The number of alkyl halides is 3. The molecule has 5 nitrogen and oxygen atoms in total. The predicted molar refractivity (Wildman–Crippen MR) is 76.8 cm³/mol. The maximum Gasteiger partial charge on any atom is 0.389 e. The Hall–Kier alpha value is -0.700. The molecule has 132 valence electrons. The van der Waals surface area contributed by atoms with Crippen molar-refractivity contribution in [1.29, 1.82) is 0 Å². The van der Waals surface area contributed by atoms with E-state index in [1.807, 2.05) is 0 Å². The van der Waals surface area contributed by atoms with Gasteiger partial charge in [0.1, 0.15) is 12.2 Å². The molecule has 0 saturated heterocycles. The summed E-state index contributed by atoms with van der Waals surface area (Å²) >= 11 is 0. The molecule has 0 unspecified atom stereocenters. The lowest BCUT2D eigenvalue weighted by Crippen LogP contribution is -2.42. The normalized spacial score (nSPS) is 17.4. The summed E-state index contributed by atoms with van der Waals surface area (Å²) in [6.45, 7) is 1.08. The number of aliphatic imine (C=N–C) groups is 1. The van der Waals surface area contributed by atoms with Gasteiger partial charge in [0.2, 0.25) is 0 Å². The Balaban J connectivity index is 3.90. The first-order chi connectivity index (χ1) is 10.2. The molecule has 0 aromatic heterocycles. The van der Waals surface area contributed by atoms with Crippen molar-refractivity contribution in [3.8, 4) is 0 Å². The van der Waals surface area contributed by atoms with Crippen molar-refractivity contribution >= 4 is 5.71 Å². The van der Waals surface area contributed by atoms with Crippen LogP contribution in [0, 0.1) is 0 Å². The highest BCUT2D eigenvalue weighted by Crippen LogP contribution is 2.23. The zero-order valence-corrected chi connectivity index (χ0v) is 12.8. The molecule has 0 aliphatic heterocycles. The summed E-state index contributed by atoms with van der Waals surface area (Å²) in [5.74, 6) is 0. The van der Waals surface area contributed by atoms with E-state index in [9.17, 15) is 23.4 Å². The van der Waals surface area contributed by atoms with E-state index in [2.05, 4.69) is 4.99 Å². The molecule has 0 aliphatic carbocycles. The van der Waals surface area contributed by atoms with Gasteiger partial charge in [-0.25, -0.2) is 0 Å². The van der Waals surface area contributed by atoms with E-state index in [-0.39, 0.29) is 12.1 Å². The van der Waals surface area contributed by atoms with Crippen LogP contribution in [0.25, 0.3) is 0 Å². The van der Waals surface area contributed by atoms with Gasteiger partial charge in [0.15, 0.2) is 0 Å². The Kier molecular flexibility index (Phi) is 10.6. The van der Waals surface area contributed by atoms with E-state index < -0.39 is 37.5 Å². The average molecular weight is 329 g/mol. The van der Waals surface area contributed by atoms with Gasteiger partial charge in [-0.2, -0.15) is 13.2 Å². The van der Waals surface area contributed by atoms with Crippen LogP contribution in [0.15, 0.2) is 4.99 Å². The van der Waals surface area contributed by atoms with Crippen LogP contribution >= 0.6 is 0 Å². The van der Waals surface area contributed by atoms with Crippen LogP contribution in [0.5, 0.6) is 0 Å². The molecule has 0 spiro atoms. The minimum atomic E-state index is -4.10. The number of aliphatic hydroxyl groups is 4. The summed E-state index contributed by atoms with van der Waals surface area (Å²) in [4.78, 5) is 3.97. The van der Waals surface area contributed by atoms with E-state index in [0.29, 0.717) is 32.2 Å². The number of hydrogen-bond acceptors (Lipinski definition) is 5. The second kappa shape index (κ2) is 10.9. The van der Waals surface area contributed by atoms with Gasteiger partial charge in [0.05, 0.1) is 18.4 Å². The minimum absolute atomic E-state index is 0.00882. The molecule has 8 heteroatoms. The zero-order valence-electron chi connectivity index (χ0n) is 12.8. The lowest BCUT2D eigenvalue weighted by atomic mass is 10.0. The van der Waals surface area contributed by atoms with E-state index in [0.717, 1.165) is 0 Å². The Labute approximate surface area is 128 Å². The lowest BCUT2D eigenvalue weighted by molar-refractivity contribution is -0.135. The van der Waals surface area contributed by atoms with Gasteiger partial charge < -0.3 is 20.4 Å². The van der Waals surface area contributed by atoms with Gasteiger partial charge >= 0.3 is 6.18 Å². The van der Waals surface area contributed by atoms with Gasteiger partial charge in [0.25, 0.3) is 0 Å². The number of nitrogens with zero attached hydrogens (tertiary/aromatic N) is 1. The lowest BCUT2D eigenvalue weighted by Gasteiger charge is -2.21. The molecule has 4 N–H and O–H groups in total. The number of rotatable bonds is 11. The van der Waals surface area contributed by atoms with E-state index in [1.54, 1.807) is 0 Å². The van der Waals surface area contributed by atoms with Crippen LogP contribution in [-0.2, 0) is 0 Å². The van der Waals surface area contributed by atoms with Gasteiger partial charge in [-0.15, -0.1) is 0 Å². The Morgan fingerprint density at radius 3 is 2.05 bits per heavy atom. The molecule has 0 heterocycles. The fraction of sp³-hybridized carbons (Fsp3) is 0.929. The van der Waals surface area contributed by atoms with Crippen molar-refractivity contribution < 1.29 is 33.6 Å². The topological polar surface area (TPSA) is 93.3 Å². The van der Waals surface area contributed by atoms with E-state index in [4.69, 9.17) is 10.2 Å². The highest BCUT2D eigenvalue weighted by Gasteiger charge is 2.26. The van der Waals surface area contributed by atoms with Crippen molar-refractivity contribution in [2.45, 2.75) is 69.9 Å². The SMILES string of the molecule is C[C@H](O)[C@@H](O)[C@H](O)C(CO)=NCCCCCCCC(F)(F)F. The first kappa shape index (κ1) is 21.3. The quantitative estimate of drug-likeness (QED) is 0.341. The smallest absolute Gasteiger partial charge is 0.389 e. The Morgan fingerprint density at radius 2 is 1.55 bits per heavy atom. The highest BCUT2D eigenvalue weighted by molar-refractivity contribution is 5.90. The van der Waals surface area contributed by atoms with Gasteiger partial charge in [-0.1, -0.05) is 19.3 Å². The molecule has 0 radical (unpaired) electrons. The maximum absolute atomic E-state index is 11.9. The van der Waals surface area contributed by atoms with Crippen LogP contribution < -0.4 is 0 Å². The number of unbranched alkanes of at least 4 members (excludes halogenated alkanes) is 4. The third-order valence-electron chi connectivity index (χ3n) is 3.25. The molecule has 0 amide bonds. The highest BCUT2D eigenvalue weighted by atomic mass is 19.4. The van der Waals surface area contributed by atoms with E-state index in [1.165, 1.54) is 6.92 Å². The minimum Gasteiger partial charge on any atom is -0.391 e. The van der Waals surface area contributed by atoms with Crippen molar-refractivity contribution in [2.24, 2.45) is 4.99 Å². The van der Waals surface area contributed by atoms with Crippen molar-refractivity contribution in [3.05, 3.63) is 0 Å². The van der Waals surface area contributed by atoms with Crippen molar-refractivity contribution in [2.75, 3.05) is 13.2 Å². The summed E-state index contributed by atoms with van der Waals surface area (Å²) in [5, 5.41) is 37.4. The fourth-order valence-electron chi connectivity index (χ4n) is 1.89. The standard InChI is InChI=1S/C14H26F3NO4/c1-10(20)12(21)13(22)11(9-19)18-8-6-4-2-3-5-7-14(15,16)17/h10,12-13,19-22H,2-9H2,1H3/t10-,12+,13+/m0/s1. The van der Waals surface area contributed by atoms with Crippen LogP contribution in [-0.4, -0.2) is 63.8 Å². The third kappa shape index (κ3) is 10.1. The summed E-state index contributed by atoms with van der Waals surface area (Å²) in [5.41, 5.74) is -0.00882. The second-order valence-corrected chi connectivity index (χ2v) is 5.34. The number of halogens is 3. The molecule has 0 aromatic rings. The molecular formula is C14H26F3NO4. The van der Waals surface area contributed by atoms with Crippen LogP contribution in [0.1, 0.15) is 45.4 Å². The zero-order chi connectivity index (χ0) is 17.2. The maximum atomic E-state index is 11.9. The molecule has 0 bridgehead atoms. The fourth-order valence-corrected chi connectivity index (χ4v) is 1.89. The molecule has 0 fully saturated rings. The van der Waals surface area contributed by atoms with Crippen LogP contribution in [0.3, 0.4) is 0 Å². The van der Waals surface area contributed by atoms with Gasteiger partial charge in [-0.3, -0.25) is 4.99 Å². The molecular weight excluding hydrogens is 303 g/mol. The average Bonchev–Trinajstić information content (AvgIpc) is 2.43. The monoisotopic (exact) mass is 329 g/mol. The molecule has 0 saturated carbocycles. The molecule has 0 rings (SSSR count). The number of aliphatic hydroxyl groups excluding tert-OH is 4. The van der Waals surface area contributed by atoms with E-state index >= 15 is 0 Å². The first-order valence-corrected chi connectivity index (χ1v) is 7.44. The van der Waals surface area contributed by atoms with Crippen LogP contribution in [0.2, 0.25) is 0 Å². The molecule has 3 atom stereocenters. The molecule has 0 aliphatic rings. The Morgan fingerprint density at radius 1 is 1.00 bits per heavy atom. The second-order valence-electron chi connectivity index (χ2n) is 5.34. The largest absolute Gasteiger partial charge is 0.391 e. The summed E-state index contributed by atoms with van der Waals surface area (Å²) in [7, 11) is 0. The predicted octanol–water partition coefficient (Wildman–Crippen LogP) is 1.43. The van der Waals surface area contributed by atoms with Crippen molar-refractivity contribution in [3.63, 3.8) is 0 Å². The summed E-state index contributed by atoms with van der Waals surface area (Å²) < 4.78 is 35.7. The summed E-state index contributed by atoms with van der Waals surface area (Å²) in [6, 6.07) is 0. The van der Waals surface area contributed by atoms with Crippen LogP contribution in [0.4, 0.5) is 13.2 Å². The molecule has 22 heavy (non-hydrogen) atoms. The van der Waals surface area contributed by atoms with Crippen molar-refractivity contribution in [1.82, 2.24) is 0 Å². The Bertz CT molecular complexity index is 322. The van der Waals surface area contributed by atoms with Gasteiger partial charge in [0, 0.05) is 13.0 Å².